The largest absolute Gasteiger partial charge is 0.416 e. The maximum absolute atomic E-state index is 13.3. The molecule has 0 spiro atoms. The van der Waals surface area contributed by atoms with Crippen molar-refractivity contribution in [3.63, 3.8) is 0 Å². The molecule has 1 aromatic heterocycles. The van der Waals surface area contributed by atoms with Crippen LogP contribution in [0.25, 0.3) is 10.9 Å². The summed E-state index contributed by atoms with van der Waals surface area (Å²) in [5, 5.41) is -0.185. The zero-order chi connectivity index (χ0) is 18.6. The third-order valence-corrected chi connectivity index (χ3v) is 4.82. The summed E-state index contributed by atoms with van der Waals surface area (Å²) in [5.41, 5.74) is -1.55. The summed E-state index contributed by atoms with van der Waals surface area (Å²) in [4.78, 5) is 18.3. The van der Waals surface area contributed by atoms with Gasteiger partial charge in [-0.05, 0) is 28.1 Å². The number of hydrogen-bond donors (Lipinski definition) is 0. The maximum Gasteiger partial charge on any atom is 0.416 e. The van der Waals surface area contributed by atoms with Gasteiger partial charge in [0.05, 0.1) is 16.5 Å². The number of hydrogen-bond acceptors (Lipinski definition) is 3. The summed E-state index contributed by atoms with van der Waals surface area (Å²) in [5.74, 6) is -2.59. The first-order chi connectivity index (χ1) is 11.5. The lowest BCUT2D eigenvalue weighted by molar-refractivity contribution is -0.137. The van der Waals surface area contributed by atoms with Gasteiger partial charge in [0.2, 0.25) is 5.95 Å². The molecule has 0 amide bonds. The summed E-state index contributed by atoms with van der Waals surface area (Å²) >= 11 is 3.03. The van der Waals surface area contributed by atoms with Gasteiger partial charge in [0, 0.05) is 37.5 Å². The molecule has 0 atom stereocenters. The Morgan fingerprint density at radius 1 is 1.20 bits per heavy atom. The van der Waals surface area contributed by atoms with E-state index in [1.807, 2.05) is 0 Å². The van der Waals surface area contributed by atoms with Crippen LogP contribution < -0.4 is 10.5 Å². The third-order valence-electron chi connectivity index (χ3n) is 4.22. The first kappa shape index (κ1) is 18.1. The van der Waals surface area contributed by atoms with Gasteiger partial charge in [-0.3, -0.25) is 9.36 Å². The minimum atomic E-state index is -4.60. The number of halogens is 6. The van der Waals surface area contributed by atoms with Crippen molar-refractivity contribution in [2.24, 2.45) is 7.05 Å². The number of alkyl halides is 5. The Kier molecular flexibility index (Phi) is 4.29. The van der Waals surface area contributed by atoms with Crippen molar-refractivity contribution in [3.8, 4) is 0 Å². The number of aromatic nitrogens is 2. The molecule has 2 aromatic rings. The van der Waals surface area contributed by atoms with Crippen LogP contribution >= 0.6 is 15.9 Å². The molecule has 10 heteroatoms. The summed E-state index contributed by atoms with van der Waals surface area (Å²) in [6, 6.07) is 1.60. The summed E-state index contributed by atoms with van der Waals surface area (Å²) in [6.45, 7) is 0.0219. The molecule has 1 fully saturated rings. The first-order valence-electron chi connectivity index (χ1n) is 7.40. The number of piperidine rings is 1. The molecule has 1 aliphatic heterocycles. The Hall–Kier alpha value is -1.71. The Morgan fingerprint density at radius 2 is 1.80 bits per heavy atom. The Balaban J connectivity index is 2.13. The standard InChI is InChI=1S/C15H13BrF5N3O/c1-23-12(25)9-6-8(15(19,20)21)7-10(16)11(9)22-13(23)24-4-2-14(17,18)3-5-24/h6-7H,2-5H2,1H3. The van der Waals surface area contributed by atoms with Crippen LogP contribution in [-0.4, -0.2) is 28.6 Å². The molecule has 0 saturated carbocycles. The molecule has 136 valence electrons. The van der Waals surface area contributed by atoms with E-state index in [4.69, 9.17) is 0 Å². The van der Waals surface area contributed by atoms with E-state index in [0.717, 1.165) is 16.7 Å². The molecule has 0 bridgehead atoms. The molecule has 1 aromatic carbocycles. The molecule has 0 unspecified atom stereocenters. The smallest absolute Gasteiger partial charge is 0.342 e. The molecule has 0 radical (unpaired) electrons. The van der Waals surface area contributed by atoms with E-state index in [-0.39, 0.29) is 47.3 Å². The minimum Gasteiger partial charge on any atom is -0.342 e. The topological polar surface area (TPSA) is 38.1 Å². The Bertz CT molecular complexity index is 883. The second-order valence-electron chi connectivity index (χ2n) is 5.97. The fraction of sp³-hybridized carbons (Fsp3) is 0.467. The van der Waals surface area contributed by atoms with Gasteiger partial charge in [-0.25, -0.2) is 13.8 Å². The Labute approximate surface area is 147 Å². The van der Waals surface area contributed by atoms with E-state index < -0.39 is 23.2 Å². The summed E-state index contributed by atoms with van der Waals surface area (Å²) < 4.78 is 66.6. The second kappa shape index (κ2) is 5.93. The van der Waals surface area contributed by atoms with Crippen LogP contribution in [0.5, 0.6) is 0 Å². The molecule has 3 rings (SSSR count). The second-order valence-corrected chi connectivity index (χ2v) is 6.83. The van der Waals surface area contributed by atoms with E-state index in [0.29, 0.717) is 0 Å². The van der Waals surface area contributed by atoms with Gasteiger partial charge in [-0.2, -0.15) is 13.2 Å². The lowest BCUT2D eigenvalue weighted by Gasteiger charge is -2.33. The van der Waals surface area contributed by atoms with Crippen LogP contribution in [0.4, 0.5) is 27.9 Å². The fourth-order valence-corrected chi connectivity index (χ4v) is 3.35. The van der Waals surface area contributed by atoms with Crippen LogP contribution in [0.1, 0.15) is 18.4 Å². The molecule has 25 heavy (non-hydrogen) atoms. The van der Waals surface area contributed by atoms with Gasteiger partial charge in [0.15, 0.2) is 0 Å². The van der Waals surface area contributed by atoms with Crippen LogP contribution in [0.15, 0.2) is 21.4 Å². The minimum absolute atomic E-state index is 0.0110. The van der Waals surface area contributed by atoms with Gasteiger partial charge in [0.1, 0.15) is 0 Å². The number of benzene rings is 1. The van der Waals surface area contributed by atoms with E-state index in [2.05, 4.69) is 20.9 Å². The molecular weight excluding hydrogens is 413 g/mol. The van der Waals surface area contributed by atoms with Gasteiger partial charge >= 0.3 is 6.18 Å². The van der Waals surface area contributed by atoms with Crippen molar-refractivity contribution in [1.29, 1.82) is 0 Å². The van der Waals surface area contributed by atoms with Crippen molar-refractivity contribution < 1.29 is 22.0 Å². The number of fused-ring (bicyclic) bond motifs is 1. The lowest BCUT2D eigenvalue weighted by atomic mass is 10.1. The number of anilines is 1. The predicted octanol–water partition coefficient (Wildman–Crippen LogP) is 3.95. The first-order valence-corrected chi connectivity index (χ1v) is 8.19. The molecule has 2 heterocycles. The summed E-state index contributed by atoms with van der Waals surface area (Å²) in [6.07, 6.45) is -5.33. The molecular formula is C15H13BrF5N3O. The molecule has 1 aliphatic rings. The summed E-state index contributed by atoms with van der Waals surface area (Å²) in [7, 11) is 1.37. The highest BCUT2D eigenvalue weighted by atomic mass is 79.9. The van der Waals surface area contributed by atoms with Crippen LogP contribution in [0.2, 0.25) is 0 Å². The zero-order valence-electron chi connectivity index (χ0n) is 13.0. The van der Waals surface area contributed by atoms with Crippen molar-refractivity contribution in [3.05, 3.63) is 32.5 Å². The van der Waals surface area contributed by atoms with Crippen LogP contribution in [0.3, 0.4) is 0 Å². The molecule has 1 saturated heterocycles. The van der Waals surface area contributed by atoms with E-state index in [9.17, 15) is 26.7 Å². The molecule has 4 nitrogen and oxygen atoms in total. The van der Waals surface area contributed by atoms with Crippen molar-refractivity contribution in [1.82, 2.24) is 9.55 Å². The lowest BCUT2D eigenvalue weighted by Crippen LogP contribution is -2.42. The van der Waals surface area contributed by atoms with E-state index >= 15 is 0 Å². The maximum atomic E-state index is 13.3. The third kappa shape index (κ3) is 3.36. The normalized spacial score (nSPS) is 18.0. The van der Waals surface area contributed by atoms with Gasteiger partial charge in [-0.15, -0.1) is 0 Å². The average Bonchev–Trinajstić information content (AvgIpc) is 2.50. The van der Waals surface area contributed by atoms with Crippen LogP contribution in [0, 0.1) is 0 Å². The van der Waals surface area contributed by atoms with Gasteiger partial charge < -0.3 is 4.90 Å². The monoisotopic (exact) mass is 425 g/mol. The fourth-order valence-electron chi connectivity index (χ4n) is 2.80. The molecule has 0 N–H and O–H groups in total. The van der Waals surface area contributed by atoms with Crippen molar-refractivity contribution >= 4 is 32.8 Å². The SMILES string of the molecule is Cn1c(N2CCC(F)(F)CC2)nc2c(Br)cc(C(F)(F)F)cc2c1=O. The van der Waals surface area contributed by atoms with Gasteiger partial charge in [0.25, 0.3) is 11.5 Å². The number of nitrogens with zero attached hydrogens (tertiary/aromatic N) is 3. The van der Waals surface area contributed by atoms with E-state index in [1.54, 1.807) is 4.90 Å². The van der Waals surface area contributed by atoms with Crippen molar-refractivity contribution in [2.45, 2.75) is 24.9 Å². The highest BCUT2D eigenvalue weighted by molar-refractivity contribution is 9.10. The highest BCUT2D eigenvalue weighted by Crippen LogP contribution is 2.35. The predicted molar refractivity (Wildman–Crippen MR) is 86.1 cm³/mol. The van der Waals surface area contributed by atoms with Gasteiger partial charge in [-0.1, -0.05) is 0 Å². The average molecular weight is 426 g/mol. The quantitative estimate of drug-likeness (QED) is 0.649. The zero-order valence-corrected chi connectivity index (χ0v) is 14.6. The van der Waals surface area contributed by atoms with Crippen LogP contribution in [-0.2, 0) is 13.2 Å². The Morgan fingerprint density at radius 3 is 2.36 bits per heavy atom. The van der Waals surface area contributed by atoms with E-state index in [1.165, 1.54) is 7.05 Å². The number of rotatable bonds is 1. The van der Waals surface area contributed by atoms with Crippen molar-refractivity contribution in [2.75, 3.05) is 18.0 Å². The molecule has 0 aliphatic carbocycles. The highest BCUT2D eigenvalue weighted by Gasteiger charge is 2.36.